The lowest BCUT2D eigenvalue weighted by atomic mass is 10.1. The van der Waals surface area contributed by atoms with Gasteiger partial charge in [-0.15, -0.1) is 0 Å². The molecule has 1 heterocycles. The molecule has 0 spiro atoms. The van der Waals surface area contributed by atoms with Gasteiger partial charge < -0.3 is 45.0 Å². The number of hydrogen-bond acceptors (Lipinski definition) is 8. The zero-order valence-corrected chi connectivity index (χ0v) is 23.1. The molecular formula is C28H40N2O10. The molecule has 222 valence electrons. The van der Waals surface area contributed by atoms with Gasteiger partial charge in [-0.1, -0.05) is 44.2 Å². The molecule has 5 N–H and O–H groups in total. The number of aliphatic carboxylic acids is 4. The highest BCUT2D eigenvalue weighted by Crippen LogP contribution is 2.11. The molecule has 0 aromatic heterocycles. The molecule has 3 unspecified atom stereocenters. The first kappa shape index (κ1) is 36.0. The highest BCUT2D eigenvalue weighted by Gasteiger charge is 2.29. The van der Waals surface area contributed by atoms with E-state index in [4.69, 9.17) is 14.9 Å². The summed E-state index contributed by atoms with van der Waals surface area (Å²) in [5, 5.41) is 36.6. The van der Waals surface area contributed by atoms with Gasteiger partial charge in [-0.25, -0.2) is 14.4 Å². The lowest BCUT2D eigenvalue weighted by molar-refractivity contribution is -0.894. The molecule has 0 radical (unpaired) electrons. The second-order valence-electron chi connectivity index (χ2n) is 9.47. The van der Waals surface area contributed by atoms with Crippen LogP contribution in [-0.4, -0.2) is 72.8 Å². The van der Waals surface area contributed by atoms with Crippen molar-refractivity contribution in [2.45, 2.75) is 51.6 Å². The molecule has 0 saturated carbocycles. The Morgan fingerprint density at radius 2 is 1.55 bits per heavy atom. The van der Waals surface area contributed by atoms with Crippen LogP contribution in [0.4, 0.5) is 0 Å². The molecule has 1 saturated heterocycles. The summed E-state index contributed by atoms with van der Waals surface area (Å²) >= 11 is 0. The first-order chi connectivity index (χ1) is 18.8. The topological polar surface area (TPSA) is 202 Å². The number of likely N-dealkylation sites (tertiary alicyclic amines) is 1. The lowest BCUT2D eigenvalue weighted by Crippen LogP contribution is -3.11. The highest BCUT2D eigenvalue weighted by atomic mass is 16.5. The Balaban J connectivity index is 0.000000780. The van der Waals surface area contributed by atoms with Crippen LogP contribution >= 0.6 is 0 Å². The zero-order valence-electron chi connectivity index (χ0n) is 23.1. The number of carboxylic acids is 4. The number of nitrogens with one attached hydrogen (secondary N) is 1. The predicted molar refractivity (Wildman–Crippen MR) is 139 cm³/mol. The molecule has 1 fully saturated rings. The summed E-state index contributed by atoms with van der Waals surface area (Å²) in [5.74, 6) is -5.16. The second kappa shape index (κ2) is 20.9. The summed E-state index contributed by atoms with van der Waals surface area (Å²) in [7, 11) is 2.28. The van der Waals surface area contributed by atoms with E-state index < -0.39 is 23.9 Å². The van der Waals surface area contributed by atoms with Crippen molar-refractivity contribution >= 4 is 29.8 Å². The number of ether oxygens (including phenoxy) is 1. The van der Waals surface area contributed by atoms with E-state index in [1.165, 1.54) is 19.4 Å². The monoisotopic (exact) mass is 564 g/mol. The molecule has 2 rings (SSSR count). The third kappa shape index (κ3) is 19.1. The summed E-state index contributed by atoms with van der Waals surface area (Å²) in [6.07, 6.45) is 6.61. The maximum Gasteiger partial charge on any atom is 0.369 e. The van der Waals surface area contributed by atoms with Gasteiger partial charge in [-0.2, -0.15) is 0 Å². The van der Waals surface area contributed by atoms with Crippen molar-refractivity contribution in [2.24, 2.45) is 5.92 Å². The Bertz CT molecular complexity index is 926. The number of nitrogens with two attached hydrogens (primary N) is 1. The fourth-order valence-corrected chi connectivity index (χ4v) is 3.73. The molecule has 0 bridgehead atoms. The average molecular weight is 565 g/mol. The summed E-state index contributed by atoms with van der Waals surface area (Å²) < 4.78 is 5.54. The van der Waals surface area contributed by atoms with Crippen LogP contribution in [0.3, 0.4) is 0 Å². The van der Waals surface area contributed by atoms with Crippen molar-refractivity contribution in [3.63, 3.8) is 0 Å². The third-order valence-corrected chi connectivity index (χ3v) is 5.81. The molecule has 1 aromatic rings. The van der Waals surface area contributed by atoms with Gasteiger partial charge in [0.05, 0.1) is 44.7 Å². The Morgan fingerprint density at radius 3 is 1.95 bits per heavy atom. The van der Waals surface area contributed by atoms with Gasteiger partial charge in [0, 0.05) is 37.0 Å². The van der Waals surface area contributed by atoms with Crippen LogP contribution in [0.1, 0.15) is 51.1 Å². The molecule has 12 heteroatoms. The second-order valence-corrected chi connectivity index (χ2v) is 9.47. The number of carbonyl (C=O) groups excluding carboxylic acids is 3. The Kier molecular flexibility index (Phi) is 18.8. The first-order valence-corrected chi connectivity index (χ1v) is 12.9. The largest absolute Gasteiger partial charge is 0.545 e. The molecule has 0 amide bonds. The standard InChI is InChI=1S/C20H32N2O2.2C4H4O4/c1-16(2)12-15-24-20(23)19(17-8-5-4-6-9-17)21-13-11-18-10-7-14-22(18)3;2*5-3(6)1-2-4(7)8/h4-6,8-9,16,18-19,21H,7,10-15H2,1-3H3;2*1-2H,(H,5,6)(H,7,8)/b;2*2-1+. The highest BCUT2D eigenvalue weighted by molar-refractivity contribution is 5.89. The van der Waals surface area contributed by atoms with Crippen LogP contribution in [0.2, 0.25) is 0 Å². The molecule has 1 aliphatic heterocycles. The van der Waals surface area contributed by atoms with Crippen molar-refractivity contribution in [3.05, 3.63) is 60.2 Å². The fraction of sp³-hybridized carbons (Fsp3) is 0.464. The summed E-state index contributed by atoms with van der Waals surface area (Å²) in [6, 6.07) is 10.5. The molecular weight excluding hydrogens is 524 g/mol. The Hall–Kier alpha value is -4.03. The summed E-state index contributed by atoms with van der Waals surface area (Å²) in [5.41, 5.74) is 1.04. The molecule has 1 aromatic carbocycles. The zero-order chi connectivity index (χ0) is 30.5. The molecule has 12 nitrogen and oxygen atoms in total. The number of carbonyl (C=O) groups is 5. The summed E-state index contributed by atoms with van der Waals surface area (Å²) in [4.78, 5) is 52.1. The van der Waals surface area contributed by atoms with E-state index in [1.807, 2.05) is 30.3 Å². The van der Waals surface area contributed by atoms with E-state index in [9.17, 15) is 34.2 Å². The van der Waals surface area contributed by atoms with Crippen molar-refractivity contribution in [1.29, 1.82) is 0 Å². The minimum atomic E-state index is -1.51. The van der Waals surface area contributed by atoms with Gasteiger partial charge in [-0.05, 0) is 24.5 Å². The number of carboxylic acid groups (broad SMARTS) is 4. The van der Waals surface area contributed by atoms with Gasteiger partial charge in [-0.3, -0.25) is 0 Å². The van der Waals surface area contributed by atoms with Gasteiger partial charge in [0.2, 0.25) is 6.04 Å². The number of hydrogen-bond donors (Lipinski definition) is 4. The molecule has 1 aliphatic rings. The Labute approximate surface area is 233 Å². The van der Waals surface area contributed by atoms with Crippen LogP contribution in [-0.2, 0) is 28.7 Å². The van der Waals surface area contributed by atoms with E-state index in [0.29, 0.717) is 36.8 Å². The SMILES string of the molecule is CC(C)CCOC(=O)C([NH2+]CCC1CCC[NH+]1C)c1ccccc1.O=C([O-])/C=C/C(=O)O.O=C([O-])/C=C/C(=O)O. The smallest absolute Gasteiger partial charge is 0.369 e. The van der Waals surface area contributed by atoms with Crippen LogP contribution < -0.4 is 20.4 Å². The molecule has 0 aliphatic carbocycles. The molecule has 3 atom stereocenters. The van der Waals surface area contributed by atoms with Crippen LogP contribution in [0.5, 0.6) is 0 Å². The van der Waals surface area contributed by atoms with Gasteiger partial charge in [0.1, 0.15) is 0 Å². The minimum Gasteiger partial charge on any atom is -0.545 e. The van der Waals surface area contributed by atoms with E-state index >= 15 is 0 Å². The van der Waals surface area contributed by atoms with Crippen LogP contribution in [0.15, 0.2) is 54.6 Å². The number of esters is 1. The normalized spacial score (nSPS) is 16.9. The van der Waals surface area contributed by atoms with Crippen molar-refractivity contribution in [2.75, 3.05) is 26.7 Å². The van der Waals surface area contributed by atoms with Gasteiger partial charge in [0.15, 0.2) is 0 Å². The Morgan fingerprint density at radius 1 is 1.00 bits per heavy atom. The maximum atomic E-state index is 12.6. The minimum absolute atomic E-state index is 0.103. The van der Waals surface area contributed by atoms with Crippen LogP contribution in [0.25, 0.3) is 0 Å². The quantitative estimate of drug-likeness (QED) is 0.149. The van der Waals surface area contributed by atoms with Crippen LogP contribution in [0, 0.1) is 5.92 Å². The number of quaternary nitrogens is 2. The fourth-order valence-electron chi connectivity index (χ4n) is 3.73. The average Bonchev–Trinajstić information content (AvgIpc) is 3.29. The van der Waals surface area contributed by atoms with E-state index in [2.05, 4.69) is 26.2 Å². The third-order valence-electron chi connectivity index (χ3n) is 5.81. The number of rotatable bonds is 13. The van der Waals surface area contributed by atoms with E-state index in [1.54, 1.807) is 4.90 Å². The number of benzene rings is 1. The van der Waals surface area contributed by atoms with E-state index in [0.717, 1.165) is 31.0 Å². The van der Waals surface area contributed by atoms with Gasteiger partial charge >= 0.3 is 17.9 Å². The predicted octanol–water partition coefficient (Wildman–Crippen LogP) is -2.30. The summed E-state index contributed by atoms with van der Waals surface area (Å²) in [6.45, 7) is 7.07. The first-order valence-electron chi connectivity index (χ1n) is 12.9. The maximum absolute atomic E-state index is 12.6. The molecule has 40 heavy (non-hydrogen) atoms. The van der Waals surface area contributed by atoms with Gasteiger partial charge in [0.25, 0.3) is 0 Å². The van der Waals surface area contributed by atoms with Crippen molar-refractivity contribution in [3.8, 4) is 0 Å². The lowest BCUT2D eigenvalue weighted by Gasteiger charge is -2.19. The van der Waals surface area contributed by atoms with Crippen molar-refractivity contribution in [1.82, 2.24) is 0 Å². The van der Waals surface area contributed by atoms with E-state index in [-0.39, 0.29) is 12.0 Å². The van der Waals surface area contributed by atoms with Crippen molar-refractivity contribution < 1.29 is 59.4 Å².